The highest BCUT2D eigenvalue weighted by molar-refractivity contribution is 6.27. The average molecular weight is 234 g/mol. The first kappa shape index (κ1) is 15.3. The minimum atomic E-state index is -1.07. The molecule has 0 fully saturated rings. The van der Waals surface area contributed by atoms with E-state index >= 15 is 0 Å². The average Bonchev–Trinajstić information content (AvgIpc) is 2.19. The number of rotatable bonds is 4. The Balaban J connectivity index is 0. The van der Waals surface area contributed by atoms with E-state index in [1.165, 1.54) is 0 Å². The SMILES string of the molecule is C=CC(=O)O[SiH2]N.C=CC(=O)O[SiH2]N. The summed E-state index contributed by atoms with van der Waals surface area (Å²) in [5.74, 6) is -0.844. The Hall–Kier alpha value is -1.23. The minimum absolute atomic E-state index is 0.422. The summed E-state index contributed by atoms with van der Waals surface area (Å²) in [6, 6.07) is 0. The van der Waals surface area contributed by atoms with E-state index in [1.807, 2.05) is 0 Å². The van der Waals surface area contributed by atoms with E-state index in [1.54, 1.807) is 0 Å². The van der Waals surface area contributed by atoms with Crippen LogP contribution in [0.5, 0.6) is 0 Å². The summed E-state index contributed by atoms with van der Waals surface area (Å²) in [7, 11) is -2.13. The molecule has 14 heavy (non-hydrogen) atoms. The molecule has 0 aliphatic carbocycles. The van der Waals surface area contributed by atoms with Crippen LogP contribution in [0.1, 0.15) is 0 Å². The zero-order valence-electron chi connectivity index (χ0n) is 7.77. The predicted octanol–water partition coefficient (Wildman–Crippen LogP) is -2.65. The Morgan fingerprint density at radius 2 is 1.29 bits per heavy atom. The molecule has 0 aromatic rings. The first-order valence-corrected chi connectivity index (χ1v) is 6.39. The van der Waals surface area contributed by atoms with Gasteiger partial charge in [0.15, 0.2) is 0 Å². The summed E-state index contributed by atoms with van der Waals surface area (Å²) >= 11 is 0. The number of hydrogen-bond acceptors (Lipinski definition) is 6. The third kappa shape index (κ3) is 13.4. The lowest BCUT2D eigenvalue weighted by atomic mass is 10.7. The molecule has 0 amide bonds. The fourth-order valence-electron chi connectivity index (χ4n) is 0.282. The van der Waals surface area contributed by atoms with Crippen LogP contribution in [0.15, 0.2) is 25.3 Å². The van der Waals surface area contributed by atoms with Gasteiger partial charge in [-0.25, -0.2) is 9.59 Å². The maximum Gasteiger partial charge on any atom is 0.317 e. The van der Waals surface area contributed by atoms with Gasteiger partial charge in [-0.3, -0.25) is 0 Å². The van der Waals surface area contributed by atoms with E-state index in [0.717, 1.165) is 12.2 Å². The van der Waals surface area contributed by atoms with E-state index in [0.29, 0.717) is 0 Å². The van der Waals surface area contributed by atoms with Crippen LogP contribution in [0.25, 0.3) is 0 Å². The number of hydrogen-bond donors (Lipinski definition) is 2. The molecule has 0 aliphatic heterocycles. The van der Waals surface area contributed by atoms with Crippen molar-refractivity contribution in [2.24, 2.45) is 10.8 Å². The number of carbonyl (C=O) groups excluding carboxylic acids is 2. The third-order valence-electron chi connectivity index (χ3n) is 0.785. The molecular formula is C6H14N2O4Si2. The number of nitrogens with two attached hydrogens (primary N) is 2. The molecule has 8 heteroatoms. The standard InChI is InChI=1S/2C3H7NO2Si/c2*1-2-3(5)6-7-4/h2*2H,1,4,7H2. The molecule has 0 spiro atoms. The van der Waals surface area contributed by atoms with E-state index in [9.17, 15) is 9.59 Å². The normalized spacial score (nSPS) is 9.29. The lowest BCUT2D eigenvalue weighted by Gasteiger charge is -1.90. The van der Waals surface area contributed by atoms with Gasteiger partial charge >= 0.3 is 11.9 Å². The van der Waals surface area contributed by atoms with Gasteiger partial charge in [0.05, 0.1) is 0 Å². The summed E-state index contributed by atoms with van der Waals surface area (Å²) in [6.45, 7) is 6.34. The Morgan fingerprint density at radius 1 is 1.00 bits per heavy atom. The zero-order valence-corrected chi connectivity index (χ0v) is 10.6. The van der Waals surface area contributed by atoms with Gasteiger partial charge in [-0.1, -0.05) is 13.2 Å². The molecule has 6 nitrogen and oxygen atoms in total. The topological polar surface area (TPSA) is 105 Å². The fraction of sp³-hybridized carbons (Fsp3) is 0. The molecule has 0 bridgehead atoms. The smallest absolute Gasteiger partial charge is 0.317 e. The first-order chi connectivity index (χ1) is 6.62. The van der Waals surface area contributed by atoms with Crippen molar-refractivity contribution in [3.8, 4) is 0 Å². The summed E-state index contributed by atoms with van der Waals surface area (Å²) in [6.07, 6.45) is 2.19. The first-order valence-electron chi connectivity index (χ1n) is 3.60. The lowest BCUT2D eigenvalue weighted by Crippen LogP contribution is -2.13. The van der Waals surface area contributed by atoms with Gasteiger partial charge < -0.3 is 19.7 Å². The van der Waals surface area contributed by atoms with E-state index in [-0.39, 0.29) is 0 Å². The minimum Gasteiger partial charge on any atom is -0.508 e. The molecule has 0 aromatic heterocycles. The Labute approximate surface area is 87.0 Å². The van der Waals surface area contributed by atoms with E-state index in [2.05, 4.69) is 22.0 Å². The van der Waals surface area contributed by atoms with Crippen molar-refractivity contribution in [2.45, 2.75) is 0 Å². The lowest BCUT2D eigenvalue weighted by molar-refractivity contribution is -0.129. The largest absolute Gasteiger partial charge is 0.508 e. The van der Waals surface area contributed by atoms with Gasteiger partial charge in [0.2, 0.25) is 0 Å². The van der Waals surface area contributed by atoms with Crippen LogP contribution in [0, 0.1) is 0 Å². The van der Waals surface area contributed by atoms with E-state index < -0.39 is 31.8 Å². The molecule has 0 aromatic carbocycles. The van der Waals surface area contributed by atoms with Crippen LogP contribution in [0.3, 0.4) is 0 Å². The highest BCUT2D eigenvalue weighted by atomic mass is 28.2. The maximum absolute atomic E-state index is 10.0. The Bertz CT molecular complexity index is 188. The molecule has 0 unspecified atom stereocenters. The second kappa shape index (κ2) is 11.8. The van der Waals surface area contributed by atoms with Crippen molar-refractivity contribution in [1.29, 1.82) is 0 Å². The van der Waals surface area contributed by atoms with Crippen LogP contribution in [-0.4, -0.2) is 31.8 Å². The van der Waals surface area contributed by atoms with Crippen molar-refractivity contribution in [1.82, 2.24) is 0 Å². The maximum atomic E-state index is 10.0. The van der Waals surface area contributed by atoms with Gasteiger partial charge in [0, 0.05) is 12.2 Å². The highest BCUT2D eigenvalue weighted by Crippen LogP contribution is 1.69. The van der Waals surface area contributed by atoms with E-state index in [4.69, 9.17) is 10.8 Å². The van der Waals surface area contributed by atoms with Gasteiger partial charge in [0.25, 0.3) is 19.8 Å². The molecule has 0 saturated heterocycles. The summed E-state index contributed by atoms with van der Waals surface area (Å²) in [5.41, 5.74) is 0. The molecule has 0 aliphatic rings. The Kier molecular flexibility index (Phi) is 12.8. The molecule has 0 heterocycles. The number of carbonyl (C=O) groups is 2. The van der Waals surface area contributed by atoms with Crippen molar-refractivity contribution >= 4 is 31.8 Å². The molecule has 0 radical (unpaired) electrons. The predicted molar refractivity (Wildman–Crippen MR) is 58.0 cm³/mol. The third-order valence-corrected chi connectivity index (χ3v) is 1.69. The van der Waals surface area contributed by atoms with Crippen LogP contribution in [0.2, 0.25) is 0 Å². The molecule has 4 N–H and O–H groups in total. The summed E-state index contributed by atoms with van der Waals surface area (Å²) in [4.78, 5) is 20.1. The second-order valence-electron chi connectivity index (χ2n) is 1.67. The van der Waals surface area contributed by atoms with Gasteiger partial charge in [-0.15, -0.1) is 0 Å². The highest BCUT2D eigenvalue weighted by Gasteiger charge is 1.87. The summed E-state index contributed by atoms with van der Waals surface area (Å²) < 4.78 is 8.70. The van der Waals surface area contributed by atoms with Crippen molar-refractivity contribution < 1.29 is 18.4 Å². The molecular weight excluding hydrogens is 220 g/mol. The fourth-order valence-corrected chi connectivity index (χ4v) is 0.846. The van der Waals surface area contributed by atoms with Gasteiger partial charge in [-0.05, 0) is 0 Å². The zero-order chi connectivity index (χ0) is 11.4. The van der Waals surface area contributed by atoms with Crippen LogP contribution in [0.4, 0.5) is 0 Å². The quantitative estimate of drug-likeness (QED) is 0.406. The van der Waals surface area contributed by atoms with Crippen molar-refractivity contribution in [3.63, 3.8) is 0 Å². The summed E-state index contributed by atoms with van der Waals surface area (Å²) in [5, 5.41) is 9.91. The second-order valence-corrected chi connectivity index (χ2v) is 2.91. The monoisotopic (exact) mass is 234 g/mol. The Morgan fingerprint density at radius 3 is 1.36 bits per heavy atom. The van der Waals surface area contributed by atoms with Crippen molar-refractivity contribution in [2.75, 3.05) is 0 Å². The molecule has 0 rings (SSSR count). The van der Waals surface area contributed by atoms with Gasteiger partial charge in [0.1, 0.15) is 0 Å². The van der Waals surface area contributed by atoms with Crippen LogP contribution in [-0.2, 0) is 18.4 Å². The van der Waals surface area contributed by atoms with Crippen LogP contribution < -0.4 is 10.8 Å². The molecule has 0 saturated carbocycles. The molecule has 80 valence electrons. The van der Waals surface area contributed by atoms with Crippen LogP contribution >= 0.6 is 0 Å². The van der Waals surface area contributed by atoms with Gasteiger partial charge in [-0.2, -0.15) is 0 Å². The molecule has 0 atom stereocenters. The van der Waals surface area contributed by atoms with Crippen molar-refractivity contribution in [3.05, 3.63) is 25.3 Å².